The summed E-state index contributed by atoms with van der Waals surface area (Å²) >= 11 is 0. The molecule has 0 atom stereocenters. The first-order chi connectivity index (χ1) is 10.1. The van der Waals surface area contributed by atoms with E-state index in [0.29, 0.717) is 12.1 Å². The Bertz CT molecular complexity index is 578. The van der Waals surface area contributed by atoms with Crippen LogP contribution in [0.15, 0.2) is 42.5 Å². The fourth-order valence-electron chi connectivity index (χ4n) is 2.23. The maximum Gasteiger partial charge on any atom is 0.159 e. The number of benzene rings is 2. The van der Waals surface area contributed by atoms with Crippen LogP contribution in [0.1, 0.15) is 19.4 Å². The largest absolute Gasteiger partial charge is 0.381 e. The summed E-state index contributed by atoms with van der Waals surface area (Å²) in [6.45, 7) is 6.65. The van der Waals surface area contributed by atoms with Crippen LogP contribution in [-0.4, -0.2) is 13.1 Å². The molecule has 21 heavy (non-hydrogen) atoms. The quantitative estimate of drug-likeness (QED) is 0.847. The average molecular weight is 290 g/mol. The lowest BCUT2D eigenvalue weighted by molar-refractivity contribution is 0.507. The lowest BCUT2D eigenvalue weighted by Crippen LogP contribution is -2.21. The Morgan fingerprint density at radius 3 is 2.14 bits per heavy atom. The van der Waals surface area contributed by atoms with Crippen molar-refractivity contribution in [1.82, 2.24) is 0 Å². The fraction of sp³-hybridized carbons (Fsp3) is 0.294. The molecule has 0 unspecified atom stereocenters. The molecule has 4 heteroatoms. The highest BCUT2D eigenvalue weighted by atomic mass is 19.2. The number of nitrogens with zero attached hydrogens (tertiary/aromatic N) is 1. The van der Waals surface area contributed by atoms with E-state index in [9.17, 15) is 8.78 Å². The molecule has 0 saturated heterocycles. The first-order valence-corrected chi connectivity index (χ1v) is 7.16. The van der Waals surface area contributed by atoms with E-state index in [0.717, 1.165) is 24.8 Å². The average Bonchev–Trinajstić information content (AvgIpc) is 2.51. The Balaban J connectivity index is 1.98. The standard InChI is InChI=1S/C17H20F2N2/c1-3-21(4-2)15-8-6-14(7-9-15)20-12-13-5-10-16(18)17(19)11-13/h5-11,20H,3-4,12H2,1-2H3. The number of halogens is 2. The van der Waals surface area contributed by atoms with Crippen LogP contribution in [0, 0.1) is 11.6 Å². The minimum atomic E-state index is -0.817. The molecule has 2 aromatic carbocycles. The molecule has 0 saturated carbocycles. The monoisotopic (exact) mass is 290 g/mol. The third-order valence-corrected chi connectivity index (χ3v) is 3.48. The van der Waals surface area contributed by atoms with Crippen LogP contribution < -0.4 is 10.2 Å². The molecular formula is C17H20F2N2. The van der Waals surface area contributed by atoms with Gasteiger partial charge in [0.15, 0.2) is 11.6 Å². The van der Waals surface area contributed by atoms with Gasteiger partial charge in [-0.1, -0.05) is 6.07 Å². The van der Waals surface area contributed by atoms with E-state index >= 15 is 0 Å². The molecule has 0 fully saturated rings. The Kier molecular flexibility index (Phi) is 5.14. The van der Waals surface area contributed by atoms with Gasteiger partial charge in [0.2, 0.25) is 0 Å². The molecule has 1 N–H and O–H groups in total. The van der Waals surface area contributed by atoms with Crippen LogP contribution >= 0.6 is 0 Å². The van der Waals surface area contributed by atoms with Gasteiger partial charge in [0.1, 0.15) is 0 Å². The van der Waals surface area contributed by atoms with Crippen LogP contribution in [0.5, 0.6) is 0 Å². The first-order valence-electron chi connectivity index (χ1n) is 7.16. The predicted octanol–water partition coefficient (Wildman–Crippen LogP) is 4.42. The molecule has 2 aromatic rings. The molecular weight excluding hydrogens is 270 g/mol. The minimum Gasteiger partial charge on any atom is -0.381 e. The Labute approximate surface area is 124 Å². The molecule has 0 heterocycles. The molecule has 0 radical (unpaired) electrons. The third kappa shape index (κ3) is 3.94. The lowest BCUT2D eigenvalue weighted by Gasteiger charge is -2.21. The van der Waals surface area contributed by atoms with Crippen LogP contribution in [0.25, 0.3) is 0 Å². The second-order valence-electron chi connectivity index (χ2n) is 4.82. The number of anilines is 2. The van der Waals surface area contributed by atoms with Crippen molar-refractivity contribution in [2.24, 2.45) is 0 Å². The lowest BCUT2D eigenvalue weighted by atomic mass is 10.2. The molecule has 2 rings (SSSR count). The summed E-state index contributed by atoms with van der Waals surface area (Å²) < 4.78 is 26.0. The van der Waals surface area contributed by atoms with Gasteiger partial charge in [-0.15, -0.1) is 0 Å². The van der Waals surface area contributed by atoms with Gasteiger partial charge in [0.05, 0.1) is 0 Å². The molecule has 0 spiro atoms. The normalized spacial score (nSPS) is 10.5. The van der Waals surface area contributed by atoms with E-state index in [1.54, 1.807) is 6.07 Å². The summed E-state index contributed by atoms with van der Waals surface area (Å²) in [5, 5.41) is 3.20. The van der Waals surface area contributed by atoms with Gasteiger partial charge in [0, 0.05) is 31.0 Å². The van der Waals surface area contributed by atoms with E-state index in [1.807, 2.05) is 12.1 Å². The zero-order chi connectivity index (χ0) is 15.2. The van der Waals surface area contributed by atoms with Gasteiger partial charge in [-0.05, 0) is 55.8 Å². The fourth-order valence-corrected chi connectivity index (χ4v) is 2.23. The van der Waals surface area contributed by atoms with Crippen molar-refractivity contribution in [1.29, 1.82) is 0 Å². The third-order valence-electron chi connectivity index (χ3n) is 3.48. The zero-order valence-electron chi connectivity index (χ0n) is 12.4. The van der Waals surface area contributed by atoms with Crippen LogP contribution in [0.2, 0.25) is 0 Å². The Morgan fingerprint density at radius 1 is 0.905 bits per heavy atom. The number of rotatable bonds is 6. The maximum atomic E-state index is 13.1. The summed E-state index contributed by atoms with van der Waals surface area (Å²) in [4.78, 5) is 2.26. The molecule has 0 amide bonds. The summed E-state index contributed by atoms with van der Waals surface area (Å²) in [7, 11) is 0. The smallest absolute Gasteiger partial charge is 0.159 e. The molecule has 2 nitrogen and oxygen atoms in total. The molecule has 0 aliphatic heterocycles. The van der Waals surface area contributed by atoms with Crippen molar-refractivity contribution in [2.75, 3.05) is 23.3 Å². The van der Waals surface area contributed by atoms with Crippen molar-refractivity contribution in [2.45, 2.75) is 20.4 Å². The van der Waals surface area contributed by atoms with Crippen molar-refractivity contribution in [3.63, 3.8) is 0 Å². The maximum absolute atomic E-state index is 13.1. The van der Waals surface area contributed by atoms with E-state index in [4.69, 9.17) is 0 Å². The van der Waals surface area contributed by atoms with E-state index in [1.165, 1.54) is 11.8 Å². The summed E-state index contributed by atoms with van der Waals surface area (Å²) in [6, 6.07) is 12.0. The zero-order valence-corrected chi connectivity index (χ0v) is 12.4. The summed E-state index contributed by atoms with van der Waals surface area (Å²) in [5.74, 6) is -1.63. The summed E-state index contributed by atoms with van der Waals surface area (Å²) in [5.41, 5.74) is 2.84. The SMILES string of the molecule is CCN(CC)c1ccc(NCc2ccc(F)c(F)c2)cc1. The van der Waals surface area contributed by atoms with Gasteiger partial charge >= 0.3 is 0 Å². The van der Waals surface area contributed by atoms with Crippen molar-refractivity contribution in [3.8, 4) is 0 Å². The molecule has 0 bridgehead atoms. The number of hydrogen-bond donors (Lipinski definition) is 1. The first kappa shape index (κ1) is 15.3. The van der Waals surface area contributed by atoms with Crippen molar-refractivity contribution < 1.29 is 8.78 Å². The van der Waals surface area contributed by atoms with E-state index in [2.05, 4.69) is 36.2 Å². The van der Waals surface area contributed by atoms with Crippen LogP contribution in [-0.2, 0) is 6.54 Å². The molecule has 0 aliphatic carbocycles. The van der Waals surface area contributed by atoms with E-state index in [-0.39, 0.29) is 0 Å². The molecule has 0 aliphatic rings. The van der Waals surface area contributed by atoms with Gasteiger partial charge in [-0.25, -0.2) is 8.78 Å². The van der Waals surface area contributed by atoms with Gasteiger partial charge in [0.25, 0.3) is 0 Å². The minimum absolute atomic E-state index is 0.460. The number of nitrogens with one attached hydrogen (secondary N) is 1. The second-order valence-corrected chi connectivity index (χ2v) is 4.82. The van der Waals surface area contributed by atoms with Crippen LogP contribution in [0.4, 0.5) is 20.2 Å². The number of hydrogen-bond acceptors (Lipinski definition) is 2. The molecule has 0 aromatic heterocycles. The highest BCUT2D eigenvalue weighted by molar-refractivity contribution is 5.55. The van der Waals surface area contributed by atoms with E-state index < -0.39 is 11.6 Å². The Hall–Kier alpha value is -2.10. The van der Waals surface area contributed by atoms with Gasteiger partial charge in [-0.2, -0.15) is 0 Å². The summed E-state index contributed by atoms with van der Waals surface area (Å²) in [6.07, 6.45) is 0. The van der Waals surface area contributed by atoms with Crippen LogP contribution in [0.3, 0.4) is 0 Å². The highest BCUT2D eigenvalue weighted by Gasteiger charge is 2.03. The van der Waals surface area contributed by atoms with Gasteiger partial charge < -0.3 is 10.2 Å². The van der Waals surface area contributed by atoms with Crippen molar-refractivity contribution in [3.05, 3.63) is 59.7 Å². The Morgan fingerprint density at radius 2 is 1.57 bits per heavy atom. The topological polar surface area (TPSA) is 15.3 Å². The second kappa shape index (κ2) is 7.07. The predicted molar refractivity (Wildman–Crippen MR) is 83.7 cm³/mol. The highest BCUT2D eigenvalue weighted by Crippen LogP contribution is 2.18. The molecule has 112 valence electrons. The van der Waals surface area contributed by atoms with Crippen molar-refractivity contribution >= 4 is 11.4 Å². The van der Waals surface area contributed by atoms with Gasteiger partial charge in [-0.3, -0.25) is 0 Å².